The second-order valence-corrected chi connectivity index (χ2v) is 5.92. The summed E-state index contributed by atoms with van der Waals surface area (Å²) in [4.78, 5) is 27.3. The molecule has 1 amide bonds. The summed E-state index contributed by atoms with van der Waals surface area (Å²) >= 11 is 7.27. The molecule has 0 aliphatic carbocycles. The Kier molecular flexibility index (Phi) is 4.39. The van der Waals surface area contributed by atoms with Gasteiger partial charge in [-0.25, -0.2) is 4.98 Å². The van der Waals surface area contributed by atoms with Crippen molar-refractivity contribution >= 4 is 40.2 Å². The van der Waals surface area contributed by atoms with Crippen LogP contribution in [0.4, 0.5) is 11.4 Å². The highest BCUT2D eigenvalue weighted by molar-refractivity contribution is 7.11. The summed E-state index contributed by atoms with van der Waals surface area (Å²) in [6, 6.07) is 2.40. The lowest BCUT2D eigenvalue weighted by molar-refractivity contribution is -0.383. The average Bonchev–Trinajstić information content (AvgIpc) is 2.84. The number of nitrogens with two attached hydrogens (primary N) is 1. The van der Waals surface area contributed by atoms with Gasteiger partial charge in [0, 0.05) is 22.7 Å². The van der Waals surface area contributed by atoms with E-state index in [0.29, 0.717) is 0 Å². The minimum Gasteiger partial charge on any atom is -0.392 e. The Labute approximate surface area is 128 Å². The molecule has 0 bridgehead atoms. The lowest BCUT2D eigenvalue weighted by Crippen LogP contribution is -2.23. The van der Waals surface area contributed by atoms with E-state index in [1.165, 1.54) is 17.4 Å². The van der Waals surface area contributed by atoms with Gasteiger partial charge in [0.1, 0.15) is 10.7 Å². The van der Waals surface area contributed by atoms with Crippen molar-refractivity contribution in [2.75, 3.05) is 5.73 Å². The summed E-state index contributed by atoms with van der Waals surface area (Å²) < 4.78 is 0. The minimum absolute atomic E-state index is 0.0283. The number of nitro benzene ring substituents is 1. The third-order valence-electron chi connectivity index (χ3n) is 2.64. The maximum Gasteiger partial charge on any atom is 0.294 e. The molecule has 0 unspecified atom stereocenters. The summed E-state index contributed by atoms with van der Waals surface area (Å²) in [5.74, 6) is -0.479. The van der Waals surface area contributed by atoms with Crippen LogP contribution in [0.15, 0.2) is 18.3 Å². The molecule has 0 fully saturated rings. The number of nitrogens with one attached hydrogen (secondary N) is 1. The maximum absolute atomic E-state index is 12.0. The van der Waals surface area contributed by atoms with Crippen molar-refractivity contribution in [3.8, 4) is 0 Å². The number of nitro groups is 1. The van der Waals surface area contributed by atoms with E-state index >= 15 is 0 Å². The highest BCUT2D eigenvalue weighted by atomic mass is 35.5. The molecule has 1 aromatic carbocycles. The van der Waals surface area contributed by atoms with Gasteiger partial charge in [0.2, 0.25) is 0 Å². The van der Waals surface area contributed by atoms with Gasteiger partial charge in [0.05, 0.1) is 16.5 Å². The first-order valence-corrected chi connectivity index (χ1v) is 7.01. The van der Waals surface area contributed by atoms with Gasteiger partial charge in [-0.2, -0.15) is 0 Å². The first-order chi connectivity index (χ1) is 9.88. The van der Waals surface area contributed by atoms with Crippen LogP contribution >= 0.6 is 22.9 Å². The molecule has 0 atom stereocenters. The Hall–Kier alpha value is -2.19. The largest absolute Gasteiger partial charge is 0.392 e. The average molecular weight is 327 g/mol. The van der Waals surface area contributed by atoms with Gasteiger partial charge in [-0.05, 0) is 13.0 Å². The summed E-state index contributed by atoms with van der Waals surface area (Å²) in [7, 11) is 0. The van der Waals surface area contributed by atoms with Gasteiger partial charge in [0.25, 0.3) is 11.6 Å². The number of benzene rings is 1. The Morgan fingerprint density at radius 3 is 2.86 bits per heavy atom. The molecule has 0 radical (unpaired) electrons. The fourth-order valence-electron chi connectivity index (χ4n) is 1.63. The number of hydrogen-bond acceptors (Lipinski definition) is 6. The zero-order chi connectivity index (χ0) is 15.6. The van der Waals surface area contributed by atoms with Crippen LogP contribution in [0.5, 0.6) is 0 Å². The molecule has 21 heavy (non-hydrogen) atoms. The van der Waals surface area contributed by atoms with Crippen molar-refractivity contribution in [3.05, 3.63) is 48.9 Å². The smallest absolute Gasteiger partial charge is 0.294 e. The number of carbonyl (C=O) groups is 1. The van der Waals surface area contributed by atoms with Crippen LogP contribution in [0.2, 0.25) is 5.02 Å². The van der Waals surface area contributed by atoms with Gasteiger partial charge in [-0.1, -0.05) is 11.6 Å². The van der Waals surface area contributed by atoms with Crippen molar-refractivity contribution in [1.29, 1.82) is 0 Å². The van der Waals surface area contributed by atoms with Gasteiger partial charge in [-0.15, -0.1) is 11.3 Å². The van der Waals surface area contributed by atoms with Crippen LogP contribution in [0, 0.1) is 17.0 Å². The van der Waals surface area contributed by atoms with Crippen molar-refractivity contribution in [2.45, 2.75) is 13.5 Å². The number of nitrogens with zero attached hydrogens (tertiary/aromatic N) is 2. The highest BCUT2D eigenvalue weighted by Gasteiger charge is 2.19. The molecule has 0 aliphatic rings. The molecule has 2 rings (SSSR count). The van der Waals surface area contributed by atoms with E-state index in [4.69, 9.17) is 17.3 Å². The van der Waals surface area contributed by atoms with Gasteiger partial charge in [0.15, 0.2) is 0 Å². The molecule has 1 aromatic heterocycles. The first-order valence-electron chi connectivity index (χ1n) is 5.81. The lowest BCUT2D eigenvalue weighted by atomic mass is 10.1. The van der Waals surface area contributed by atoms with Crippen LogP contribution in [0.1, 0.15) is 20.2 Å². The molecular weight excluding hydrogens is 316 g/mol. The van der Waals surface area contributed by atoms with Crippen LogP contribution < -0.4 is 11.1 Å². The summed E-state index contributed by atoms with van der Waals surface area (Å²) in [5, 5.41) is 14.2. The van der Waals surface area contributed by atoms with Crippen molar-refractivity contribution in [3.63, 3.8) is 0 Å². The summed E-state index contributed by atoms with van der Waals surface area (Å²) in [6.45, 7) is 2.15. The number of hydrogen-bond donors (Lipinski definition) is 2. The number of aryl methyl sites for hydroxylation is 1. The minimum atomic E-state index is -0.678. The Balaban J connectivity index is 2.17. The number of halogens is 1. The van der Waals surface area contributed by atoms with E-state index in [1.54, 1.807) is 6.20 Å². The van der Waals surface area contributed by atoms with Crippen LogP contribution in [0.25, 0.3) is 0 Å². The van der Waals surface area contributed by atoms with E-state index < -0.39 is 16.5 Å². The Bertz CT molecular complexity index is 717. The monoisotopic (exact) mass is 326 g/mol. The maximum atomic E-state index is 12.0. The number of aromatic nitrogens is 1. The molecule has 3 N–H and O–H groups in total. The Morgan fingerprint density at radius 2 is 2.29 bits per heavy atom. The van der Waals surface area contributed by atoms with Gasteiger partial charge < -0.3 is 11.1 Å². The van der Waals surface area contributed by atoms with E-state index in [9.17, 15) is 14.9 Å². The third kappa shape index (κ3) is 3.47. The molecule has 0 spiro atoms. The van der Waals surface area contributed by atoms with Gasteiger partial charge >= 0.3 is 0 Å². The topological polar surface area (TPSA) is 111 Å². The zero-order valence-corrected chi connectivity index (χ0v) is 12.5. The number of anilines is 1. The van der Waals surface area contributed by atoms with Crippen molar-refractivity contribution < 1.29 is 9.72 Å². The molecule has 0 saturated carbocycles. The van der Waals surface area contributed by atoms with Crippen LogP contribution in [-0.2, 0) is 6.54 Å². The third-order valence-corrected chi connectivity index (χ3v) is 3.86. The predicted molar refractivity (Wildman–Crippen MR) is 80.5 cm³/mol. The van der Waals surface area contributed by atoms with Crippen molar-refractivity contribution in [1.82, 2.24) is 10.3 Å². The molecule has 2 aromatic rings. The van der Waals surface area contributed by atoms with E-state index in [1.807, 2.05) is 6.92 Å². The number of amides is 1. The fraction of sp³-hybridized carbons (Fsp3) is 0.167. The molecule has 110 valence electrons. The highest BCUT2D eigenvalue weighted by Crippen LogP contribution is 2.30. The second-order valence-electron chi connectivity index (χ2n) is 4.20. The Morgan fingerprint density at radius 1 is 1.57 bits per heavy atom. The number of rotatable bonds is 4. The molecule has 9 heteroatoms. The fourth-order valence-corrected chi connectivity index (χ4v) is 2.57. The standard InChI is InChI=1S/C12H11ClN4O3S/c1-6-4-15-10(21-6)5-16-12(18)7-2-8(13)11(14)9(3-7)17(19)20/h2-4H,5,14H2,1H3,(H,16,18). The van der Waals surface area contributed by atoms with Crippen LogP contribution in [0.3, 0.4) is 0 Å². The van der Waals surface area contributed by atoms with Crippen LogP contribution in [-0.4, -0.2) is 15.8 Å². The summed E-state index contributed by atoms with van der Waals surface area (Å²) in [5.41, 5.74) is 5.04. The second kappa shape index (κ2) is 6.06. The van der Waals surface area contributed by atoms with E-state index in [-0.39, 0.29) is 22.8 Å². The first kappa shape index (κ1) is 15.2. The number of thiazole rings is 1. The molecule has 0 saturated heterocycles. The predicted octanol–water partition coefficient (Wildman–Crippen LogP) is 2.53. The van der Waals surface area contributed by atoms with E-state index in [0.717, 1.165) is 16.0 Å². The molecular formula is C12H11ClN4O3S. The van der Waals surface area contributed by atoms with Crippen molar-refractivity contribution in [2.24, 2.45) is 0 Å². The number of nitrogen functional groups attached to an aromatic ring is 1. The quantitative estimate of drug-likeness (QED) is 0.509. The molecule has 0 aliphatic heterocycles. The molecule has 7 nitrogen and oxygen atoms in total. The van der Waals surface area contributed by atoms with E-state index in [2.05, 4.69) is 10.3 Å². The van der Waals surface area contributed by atoms with Gasteiger partial charge in [-0.3, -0.25) is 14.9 Å². The lowest BCUT2D eigenvalue weighted by Gasteiger charge is -2.06. The summed E-state index contributed by atoms with van der Waals surface area (Å²) in [6.07, 6.45) is 1.71. The normalized spacial score (nSPS) is 10.4. The molecule has 1 heterocycles. The SMILES string of the molecule is Cc1cnc(CNC(=O)c2cc(Cl)c(N)c([N+](=O)[O-])c2)s1. The zero-order valence-electron chi connectivity index (χ0n) is 10.9. The number of carbonyl (C=O) groups excluding carboxylic acids is 1.